The summed E-state index contributed by atoms with van der Waals surface area (Å²) in [5.74, 6) is -2.26. The van der Waals surface area contributed by atoms with Gasteiger partial charge in [-0.15, -0.1) is 13.2 Å². The number of hydrogen-bond donors (Lipinski definition) is 1. The van der Waals surface area contributed by atoms with Crippen LogP contribution in [0.15, 0.2) is 30.5 Å². The van der Waals surface area contributed by atoms with Gasteiger partial charge in [-0.1, -0.05) is 12.1 Å². The van der Waals surface area contributed by atoms with E-state index in [9.17, 15) is 28.1 Å². The number of rotatable bonds is 5. The van der Waals surface area contributed by atoms with E-state index in [0.29, 0.717) is 5.56 Å². The third-order valence-electron chi connectivity index (χ3n) is 2.68. The maximum atomic E-state index is 12.1. The summed E-state index contributed by atoms with van der Waals surface area (Å²) in [5.41, 5.74) is 5.55. The van der Waals surface area contributed by atoms with Crippen molar-refractivity contribution in [1.29, 1.82) is 0 Å². The van der Waals surface area contributed by atoms with Crippen LogP contribution in [0.5, 0.6) is 5.75 Å². The molecule has 1 aromatic heterocycles. The Hall–Kier alpha value is -3.11. The third-order valence-corrected chi connectivity index (χ3v) is 2.68. The maximum Gasteiger partial charge on any atom is 0.573 e. The molecule has 0 spiro atoms. The summed E-state index contributed by atoms with van der Waals surface area (Å²) in [5, 5.41) is 10.7. The highest BCUT2D eigenvalue weighted by Gasteiger charge is 2.31. The first-order valence-corrected chi connectivity index (χ1v) is 6.02. The molecule has 1 aromatic carbocycles. The van der Waals surface area contributed by atoms with Crippen molar-refractivity contribution in [2.45, 2.75) is 12.9 Å². The molecule has 23 heavy (non-hydrogen) atoms. The molecule has 0 saturated heterocycles. The average Bonchev–Trinajstić information content (AvgIpc) is 2.83. The Morgan fingerprint density at radius 2 is 1.96 bits per heavy atom. The van der Waals surface area contributed by atoms with E-state index >= 15 is 0 Å². The lowest BCUT2D eigenvalue weighted by Crippen LogP contribution is -2.18. The number of ether oxygens (including phenoxy) is 1. The smallest absolute Gasteiger partial charge is 0.406 e. The van der Waals surface area contributed by atoms with Crippen molar-refractivity contribution in [2.24, 2.45) is 5.73 Å². The summed E-state index contributed by atoms with van der Waals surface area (Å²) in [6.45, 7) is -0.0363. The fraction of sp³-hybridized carbons (Fsp3) is 0.167. The molecule has 0 aliphatic carbocycles. The van der Waals surface area contributed by atoms with Gasteiger partial charge in [0.1, 0.15) is 11.9 Å². The SMILES string of the molecule is NC(=O)c1nc([N+](=O)[O-])cn1Cc1ccc(OC(F)(F)F)cc1. The predicted molar refractivity (Wildman–Crippen MR) is 69.6 cm³/mol. The summed E-state index contributed by atoms with van der Waals surface area (Å²) in [6, 6.07) is 4.80. The Bertz CT molecular complexity index is 740. The molecule has 1 heterocycles. The summed E-state index contributed by atoms with van der Waals surface area (Å²) in [7, 11) is 0. The lowest BCUT2D eigenvalue weighted by atomic mass is 10.2. The minimum Gasteiger partial charge on any atom is -0.406 e. The topological polar surface area (TPSA) is 113 Å². The summed E-state index contributed by atoms with van der Waals surface area (Å²) in [6.07, 6.45) is -3.79. The van der Waals surface area contributed by atoms with Gasteiger partial charge in [0.05, 0.1) is 6.54 Å². The number of amides is 1. The van der Waals surface area contributed by atoms with Crippen LogP contribution in [0.1, 0.15) is 16.2 Å². The zero-order valence-electron chi connectivity index (χ0n) is 11.3. The zero-order valence-corrected chi connectivity index (χ0v) is 11.3. The molecule has 2 aromatic rings. The van der Waals surface area contributed by atoms with Crippen molar-refractivity contribution in [1.82, 2.24) is 9.55 Å². The van der Waals surface area contributed by atoms with E-state index in [1.54, 1.807) is 0 Å². The summed E-state index contributed by atoms with van der Waals surface area (Å²) in [4.78, 5) is 24.6. The molecule has 122 valence electrons. The molecule has 0 aliphatic rings. The van der Waals surface area contributed by atoms with E-state index < -0.39 is 28.8 Å². The third kappa shape index (κ3) is 4.18. The molecule has 0 bridgehead atoms. The molecule has 2 rings (SSSR count). The minimum atomic E-state index is -4.80. The van der Waals surface area contributed by atoms with Crippen molar-refractivity contribution in [3.05, 3.63) is 52.0 Å². The first kappa shape index (κ1) is 16.3. The number of carbonyl (C=O) groups excluding carboxylic acids is 1. The molecule has 11 heteroatoms. The highest BCUT2D eigenvalue weighted by atomic mass is 19.4. The van der Waals surface area contributed by atoms with Gasteiger partial charge >= 0.3 is 23.9 Å². The first-order chi connectivity index (χ1) is 10.7. The van der Waals surface area contributed by atoms with Gasteiger partial charge in [-0.25, -0.2) is 0 Å². The number of nitrogens with zero attached hydrogens (tertiary/aromatic N) is 3. The van der Waals surface area contributed by atoms with Crippen LogP contribution in [0, 0.1) is 10.1 Å². The van der Waals surface area contributed by atoms with E-state index in [2.05, 4.69) is 9.72 Å². The second-order valence-electron chi connectivity index (χ2n) is 4.36. The van der Waals surface area contributed by atoms with Gasteiger partial charge in [-0.05, 0) is 27.6 Å². The van der Waals surface area contributed by atoms with Crippen LogP contribution >= 0.6 is 0 Å². The minimum absolute atomic E-state index is 0.0363. The monoisotopic (exact) mass is 330 g/mol. The number of halogens is 3. The summed E-state index contributed by atoms with van der Waals surface area (Å²) >= 11 is 0. The highest BCUT2D eigenvalue weighted by molar-refractivity contribution is 5.89. The van der Waals surface area contributed by atoms with Gasteiger partial charge in [0.2, 0.25) is 0 Å². The normalized spacial score (nSPS) is 11.3. The van der Waals surface area contributed by atoms with Crippen molar-refractivity contribution >= 4 is 11.7 Å². The van der Waals surface area contributed by atoms with E-state index in [4.69, 9.17) is 5.73 Å². The first-order valence-electron chi connectivity index (χ1n) is 6.02. The number of imidazole rings is 1. The average molecular weight is 330 g/mol. The van der Waals surface area contributed by atoms with Crippen LogP contribution < -0.4 is 10.5 Å². The second-order valence-corrected chi connectivity index (χ2v) is 4.36. The molecule has 1 amide bonds. The molecule has 8 nitrogen and oxygen atoms in total. The zero-order chi connectivity index (χ0) is 17.2. The van der Waals surface area contributed by atoms with Gasteiger partial charge in [-0.2, -0.15) is 0 Å². The van der Waals surface area contributed by atoms with Crippen LogP contribution in [0.2, 0.25) is 0 Å². The highest BCUT2D eigenvalue weighted by Crippen LogP contribution is 2.23. The van der Waals surface area contributed by atoms with Gasteiger partial charge < -0.3 is 20.6 Å². The van der Waals surface area contributed by atoms with Gasteiger partial charge in [0.15, 0.2) is 0 Å². The standard InChI is InChI=1S/C12H9F3N4O4/c13-12(14,15)23-8-3-1-7(2-4-8)5-18-6-9(19(21)22)17-11(18)10(16)20/h1-4,6H,5H2,(H2,16,20). The number of nitro groups is 1. The summed E-state index contributed by atoms with van der Waals surface area (Å²) < 4.78 is 41.0. The van der Waals surface area contributed by atoms with Crippen LogP contribution in [0.3, 0.4) is 0 Å². The molecule has 2 N–H and O–H groups in total. The molecule has 0 saturated carbocycles. The lowest BCUT2D eigenvalue weighted by Gasteiger charge is -2.09. The van der Waals surface area contributed by atoms with Crippen LogP contribution in [-0.2, 0) is 6.54 Å². The Kier molecular flexibility index (Phi) is 4.20. The number of aromatic nitrogens is 2. The number of carbonyl (C=O) groups is 1. The Morgan fingerprint density at radius 3 is 2.43 bits per heavy atom. The van der Waals surface area contributed by atoms with Crippen molar-refractivity contribution in [3.8, 4) is 5.75 Å². The number of nitrogens with two attached hydrogens (primary N) is 1. The van der Waals surface area contributed by atoms with Gasteiger partial charge in [0.25, 0.3) is 0 Å². The fourth-order valence-corrected chi connectivity index (χ4v) is 1.80. The van der Waals surface area contributed by atoms with Crippen molar-refractivity contribution in [2.75, 3.05) is 0 Å². The second kappa shape index (κ2) is 5.94. The van der Waals surface area contributed by atoms with Crippen LogP contribution in [0.25, 0.3) is 0 Å². The Labute approximate surface area is 126 Å². The number of alkyl halides is 3. The Morgan fingerprint density at radius 1 is 1.35 bits per heavy atom. The van der Waals surface area contributed by atoms with Gasteiger partial charge in [0, 0.05) is 0 Å². The van der Waals surface area contributed by atoms with Crippen LogP contribution in [-0.4, -0.2) is 26.7 Å². The molecular weight excluding hydrogens is 321 g/mol. The molecule has 0 atom stereocenters. The van der Waals surface area contributed by atoms with Crippen LogP contribution in [0.4, 0.5) is 19.0 Å². The fourth-order valence-electron chi connectivity index (χ4n) is 1.80. The maximum absolute atomic E-state index is 12.1. The number of hydrogen-bond acceptors (Lipinski definition) is 5. The number of benzene rings is 1. The lowest BCUT2D eigenvalue weighted by molar-refractivity contribution is -0.389. The van der Waals surface area contributed by atoms with E-state index in [0.717, 1.165) is 22.9 Å². The quantitative estimate of drug-likeness (QED) is 0.664. The van der Waals surface area contributed by atoms with E-state index in [1.165, 1.54) is 12.1 Å². The van der Waals surface area contributed by atoms with E-state index in [1.807, 2.05) is 0 Å². The van der Waals surface area contributed by atoms with E-state index in [-0.39, 0.29) is 12.4 Å². The molecule has 0 fully saturated rings. The van der Waals surface area contributed by atoms with Crippen molar-refractivity contribution in [3.63, 3.8) is 0 Å². The van der Waals surface area contributed by atoms with Gasteiger partial charge in [-0.3, -0.25) is 9.36 Å². The van der Waals surface area contributed by atoms with Crippen molar-refractivity contribution < 1.29 is 27.6 Å². The molecule has 0 unspecified atom stereocenters. The molecular formula is C12H9F3N4O4. The molecule has 0 aliphatic heterocycles. The Balaban J connectivity index is 2.22. The number of primary amides is 1. The largest absolute Gasteiger partial charge is 0.573 e. The molecule has 0 radical (unpaired) electrons. The predicted octanol–water partition coefficient (Wildman–Crippen LogP) is 1.84.